The maximum atomic E-state index is 12.9. The Bertz CT molecular complexity index is 660. The van der Waals surface area contributed by atoms with Crippen LogP contribution < -0.4 is 0 Å². The predicted molar refractivity (Wildman–Crippen MR) is 76.2 cm³/mol. The van der Waals surface area contributed by atoms with Gasteiger partial charge in [-0.1, -0.05) is 44.5 Å². The molecule has 0 saturated carbocycles. The molecule has 1 heterocycles. The summed E-state index contributed by atoms with van der Waals surface area (Å²) in [5.41, 5.74) is 1.69. The molecule has 5 heteroatoms. The molecule has 2 aromatic rings. The van der Waals surface area contributed by atoms with Crippen molar-refractivity contribution >= 4 is 11.6 Å². The maximum absolute atomic E-state index is 12.9. The van der Waals surface area contributed by atoms with Crippen molar-refractivity contribution in [2.24, 2.45) is 0 Å². The van der Waals surface area contributed by atoms with Crippen molar-refractivity contribution < 1.29 is 4.39 Å². The summed E-state index contributed by atoms with van der Waals surface area (Å²) >= 11 is 6.22. The van der Waals surface area contributed by atoms with Crippen LogP contribution in [0.25, 0.3) is 0 Å². The van der Waals surface area contributed by atoms with Gasteiger partial charge in [0, 0.05) is 5.41 Å². The van der Waals surface area contributed by atoms with Gasteiger partial charge < -0.3 is 0 Å². The molecule has 0 saturated heterocycles. The number of hydrogen-bond acceptors (Lipinski definition) is 2. The fraction of sp³-hybridized carbons (Fsp3) is 0.333. The molecule has 104 valence electrons. The molecule has 0 unspecified atom stereocenters. The van der Waals surface area contributed by atoms with Gasteiger partial charge >= 0.3 is 0 Å². The summed E-state index contributed by atoms with van der Waals surface area (Å²) in [6, 6.07) is 8.25. The van der Waals surface area contributed by atoms with Gasteiger partial charge in [0.1, 0.15) is 22.6 Å². The lowest BCUT2D eigenvalue weighted by Gasteiger charge is -2.15. The molecule has 1 aromatic carbocycles. The van der Waals surface area contributed by atoms with E-state index in [9.17, 15) is 9.65 Å². The smallest absolute Gasteiger partial charge is 0.145 e. The molecular formula is C15H15ClFN3. The zero-order valence-electron chi connectivity index (χ0n) is 11.6. The first-order valence-corrected chi connectivity index (χ1v) is 6.62. The Morgan fingerprint density at radius 2 is 1.90 bits per heavy atom. The first kappa shape index (κ1) is 14.5. The highest BCUT2D eigenvalue weighted by molar-refractivity contribution is 6.30. The minimum atomic E-state index is -0.284. The van der Waals surface area contributed by atoms with Crippen LogP contribution in [-0.4, -0.2) is 9.78 Å². The molecule has 2 rings (SSSR count). The number of benzene rings is 1. The second kappa shape index (κ2) is 5.26. The lowest BCUT2D eigenvalue weighted by molar-refractivity contribution is 0.544. The summed E-state index contributed by atoms with van der Waals surface area (Å²) < 4.78 is 14.5. The number of nitrogens with zero attached hydrogens (tertiary/aromatic N) is 3. The summed E-state index contributed by atoms with van der Waals surface area (Å²) in [5, 5.41) is 14.0. The van der Waals surface area contributed by atoms with Gasteiger partial charge in [-0.25, -0.2) is 9.07 Å². The molecule has 0 radical (unpaired) electrons. The summed E-state index contributed by atoms with van der Waals surface area (Å²) in [5.74, 6) is -0.284. The Labute approximate surface area is 122 Å². The van der Waals surface area contributed by atoms with Gasteiger partial charge in [0.2, 0.25) is 0 Å². The summed E-state index contributed by atoms with van der Waals surface area (Å²) in [6.07, 6.45) is 0. The van der Waals surface area contributed by atoms with E-state index in [4.69, 9.17) is 11.6 Å². The third-order valence-corrected chi connectivity index (χ3v) is 3.34. The average Bonchev–Trinajstić information content (AvgIpc) is 2.69. The molecule has 0 aliphatic rings. The van der Waals surface area contributed by atoms with Gasteiger partial charge in [0.15, 0.2) is 0 Å². The van der Waals surface area contributed by atoms with Crippen LogP contribution in [0.3, 0.4) is 0 Å². The van der Waals surface area contributed by atoms with Crippen LogP contribution in [0.15, 0.2) is 24.3 Å². The molecular weight excluding hydrogens is 277 g/mol. The van der Waals surface area contributed by atoms with E-state index >= 15 is 0 Å². The normalized spacial score (nSPS) is 11.4. The van der Waals surface area contributed by atoms with E-state index in [0.717, 1.165) is 5.56 Å². The molecule has 0 bridgehead atoms. The molecule has 0 atom stereocenters. The van der Waals surface area contributed by atoms with Gasteiger partial charge in [0.25, 0.3) is 0 Å². The monoisotopic (exact) mass is 291 g/mol. The number of halogens is 2. The van der Waals surface area contributed by atoms with E-state index in [1.807, 2.05) is 20.8 Å². The van der Waals surface area contributed by atoms with E-state index in [0.29, 0.717) is 23.0 Å². The Hall–Kier alpha value is -1.86. The summed E-state index contributed by atoms with van der Waals surface area (Å²) in [6.45, 7) is 6.35. The second-order valence-corrected chi connectivity index (χ2v) is 6.02. The van der Waals surface area contributed by atoms with Gasteiger partial charge in [-0.15, -0.1) is 0 Å². The van der Waals surface area contributed by atoms with E-state index in [2.05, 4.69) is 11.2 Å². The van der Waals surface area contributed by atoms with Crippen LogP contribution in [0.5, 0.6) is 0 Å². The largest absolute Gasteiger partial charge is 0.248 e. The summed E-state index contributed by atoms with van der Waals surface area (Å²) in [4.78, 5) is 0. The van der Waals surface area contributed by atoms with Crippen molar-refractivity contribution in [2.75, 3.05) is 0 Å². The second-order valence-electron chi connectivity index (χ2n) is 5.66. The molecule has 0 aliphatic heterocycles. The molecule has 20 heavy (non-hydrogen) atoms. The van der Waals surface area contributed by atoms with Crippen molar-refractivity contribution in [1.82, 2.24) is 9.78 Å². The first-order chi connectivity index (χ1) is 9.32. The van der Waals surface area contributed by atoms with Crippen molar-refractivity contribution in [2.45, 2.75) is 32.7 Å². The van der Waals surface area contributed by atoms with Gasteiger partial charge in [-0.05, 0) is 17.7 Å². The average molecular weight is 292 g/mol. The minimum Gasteiger partial charge on any atom is -0.248 e. The first-order valence-electron chi connectivity index (χ1n) is 6.24. The number of aromatic nitrogens is 2. The highest BCUT2D eigenvalue weighted by atomic mass is 35.5. The molecule has 0 amide bonds. The zero-order chi connectivity index (χ0) is 14.9. The van der Waals surface area contributed by atoms with Gasteiger partial charge in [0.05, 0.1) is 12.2 Å². The topological polar surface area (TPSA) is 41.6 Å². The van der Waals surface area contributed by atoms with E-state index in [1.165, 1.54) is 12.1 Å². The van der Waals surface area contributed by atoms with Crippen molar-refractivity contribution in [3.63, 3.8) is 0 Å². The fourth-order valence-electron chi connectivity index (χ4n) is 1.93. The molecule has 0 fully saturated rings. The highest BCUT2D eigenvalue weighted by Gasteiger charge is 2.26. The van der Waals surface area contributed by atoms with Gasteiger partial charge in [-0.3, -0.25) is 0 Å². The van der Waals surface area contributed by atoms with Crippen LogP contribution in [0.4, 0.5) is 4.39 Å². The lowest BCUT2D eigenvalue weighted by Crippen LogP contribution is -2.14. The van der Waals surface area contributed by atoms with Crippen LogP contribution in [0.1, 0.15) is 37.6 Å². The predicted octanol–water partition coefficient (Wildman–Crippen LogP) is 3.89. The molecule has 0 spiro atoms. The third kappa shape index (κ3) is 2.83. The van der Waals surface area contributed by atoms with Crippen LogP contribution in [0, 0.1) is 17.1 Å². The quantitative estimate of drug-likeness (QED) is 0.842. The van der Waals surface area contributed by atoms with Crippen LogP contribution in [0.2, 0.25) is 5.15 Å². The Morgan fingerprint density at radius 1 is 1.30 bits per heavy atom. The molecule has 3 nitrogen and oxygen atoms in total. The Kier molecular flexibility index (Phi) is 3.82. The zero-order valence-corrected chi connectivity index (χ0v) is 12.4. The van der Waals surface area contributed by atoms with Crippen LogP contribution in [-0.2, 0) is 12.0 Å². The van der Waals surface area contributed by atoms with Crippen LogP contribution >= 0.6 is 11.6 Å². The van der Waals surface area contributed by atoms with Crippen molar-refractivity contribution in [1.29, 1.82) is 5.26 Å². The van der Waals surface area contributed by atoms with Gasteiger partial charge in [-0.2, -0.15) is 10.4 Å². The highest BCUT2D eigenvalue weighted by Crippen LogP contribution is 2.29. The van der Waals surface area contributed by atoms with E-state index in [1.54, 1.807) is 16.8 Å². The van der Waals surface area contributed by atoms with Crippen molar-refractivity contribution in [3.8, 4) is 6.07 Å². The minimum absolute atomic E-state index is 0.261. The van der Waals surface area contributed by atoms with E-state index in [-0.39, 0.29) is 11.2 Å². The molecule has 1 aromatic heterocycles. The molecule has 0 aliphatic carbocycles. The number of hydrogen-bond donors (Lipinski definition) is 0. The number of nitriles is 1. The Morgan fingerprint density at radius 3 is 2.35 bits per heavy atom. The SMILES string of the molecule is CC(C)(C)c1nn(Cc2ccc(F)cc2)c(Cl)c1C#N. The molecule has 0 N–H and O–H groups in total. The number of rotatable bonds is 2. The summed E-state index contributed by atoms with van der Waals surface area (Å²) in [7, 11) is 0. The standard InChI is InChI=1S/C15H15ClFN3/c1-15(2,3)13-12(8-18)14(16)20(19-13)9-10-4-6-11(17)7-5-10/h4-7H,9H2,1-3H3. The van der Waals surface area contributed by atoms with E-state index < -0.39 is 0 Å². The van der Waals surface area contributed by atoms with Crippen molar-refractivity contribution in [3.05, 3.63) is 52.1 Å². The fourth-order valence-corrected chi connectivity index (χ4v) is 2.16. The Balaban J connectivity index is 2.41. The third-order valence-electron chi connectivity index (χ3n) is 2.96. The maximum Gasteiger partial charge on any atom is 0.145 e. The lowest BCUT2D eigenvalue weighted by atomic mass is 9.90.